The molecule has 0 fully saturated rings. The molecule has 6 heteroatoms. The van der Waals surface area contributed by atoms with Gasteiger partial charge in [-0.1, -0.05) is 37.6 Å². The maximum atomic E-state index is 6.01. The largest absolute Gasteiger partial charge is 0.484 e. The number of nitrogen functional groups attached to an aromatic ring is 1. The number of rotatable bonds is 10. The Labute approximate surface area is 161 Å². The van der Waals surface area contributed by atoms with Crippen molar-refractivity contribution in [3.63, 3.8) is 0 Å². The molecular weight excluding hydrogens is 338 g/mol. The second kappa shape index (κ2) is 11.0. The zero-order valence-electron chi connectivity index (χ0n) is 16.4. The fourth-order valence-corrected chi connectivity index (χ4v) is 2.54. The van der Waals surface area contributed by atoms with Gasteiger partial charge in [-0.25, -0.2) is 4.98 Å². The first-order valence-corrected chi connectivity index (χ1v) is 9.33. The van der Waals surface area contributed by atoms with Gasteiger partial charge in [0, 0.05) is 19.0 Å². The van der Waals surface area contributed by atoms with Crippen LogP contribution in [0.25, 0.3) is 0 Å². The number of ether oxygens (including phenoxy) is 1. The average molecular weight is 367 g/mol. The second-order valence-corrected chi connectivity index (χ2v) is 6.31. The van der Waals surface area contributed by atoms with Crippen LogP contribution in [-0.4, -0.2) is 29.3 Å². The smallest absolute Gasteiger partial charge is 0.222 e. The molecule has 1 aromatic heterocycles. The van der Waals surface area contributed by atoms with Gasteiger partial charge >= 0.3 is 0 Å². The number of hydrogen-bond acceptors (Lipinski definition) is 6. The van der Waals surface area contributed by atoms with E-state index in [4.69, 9.17) is 10.5 Å². The molecule has 0 spiro atoms. The predicted molar refractivity (Wildman–Crippen MR) is 112 cm³/mol. The highest BCUT2D eigenvalue weighted by molar-refractivity contribution is 5.54. The van der Waals surface area contributed by atoms with Gasteiger partial charge in [0.05, 0.1) is 6.20 Å². The molecule has 144 valence electrons. The van der Waals surface area contributed by atoms with Crippen LogP contribution in [0.5, 0.6) is 5.75 Å². The van der Waals surface area contributed by atoms with Crippen LogP contribution in [0.4, 0.5) is 11.8 Å². The summed E-state index contributed by atoms with van der Waals surface area (Å²) in [5.74, 6) is 1.45. The summed E-state index contributed by atoms with van der Waals surface area (Å²) < 4.78 is 6.01. The first kappa shape index (κ1) is 20.4. The fraction of sp³-hybridized carbons (Fsp3) is 0.381. The molecule has 0 aliphatic heterocycles. The predicted octanol–water partition coefficient (Wildman–Crippen LogP) is 4.18. The summed E-state index contributed by atoms with van der Waals surface area (Å²) in [4.78, 5) is 12.6. The molecule has 0 saturated carbocycles. The van der Waals surface area contributed by atoms with Gasteiger partial charge in [-0.15, -0.1) is 0 Å². The van der Waals surface area contributed by atoms with Crippen LogP contribution in [0.15, 0.2) is 47.2 Å². The van der Waals surface area contributed by atoms with Gasteiger partial charge in [-0.05, 0) is 43.4 Å². The zero-order valence-corrected chi connectivity index (χ0v) is 16.4. The van der Waals surface area contributed by atoms with E-state index in [1.807, 2.05) is 25.3 Å². The number of nitrogens with zero attached hydrogens (tertiary/aromatic N) is 3. The Hall–Kier alpha value is -2.89. The van der Waals surface area contributed by atoms with E-state index in [1.165, 1.54) is 11.1 Å². The van der Waals surface area contributed by atoms with Gasteiger partial charge in [0.1, 0.15) is 6.61 Å². The van der Waals surface area contributed by atoms with E-state index >= 15 is 0 Å². The van der Waals surface area contributed by atoms with Gasteiger partial charge in [-0.2, -0.15) is 4.98 Å². The minimum atomic E-state index is 0.229. The van der Waals surface area contributed by atoms with Gasteiger partial charge in [-0.3, -0.25) is 4.99 Å². The van der Waals surface area contributed by atoms with E-state index in [1.54, 1.807) is 12.4 Å². The molecule has 0 atom stereocenters. The average Bonchev–Trinajstić information content (AvgIpc) is 2.67. The molecule has 1 heterocycles. The number of hydrogen-bond donors (Lipinski definition) is 2. The molecule has 0 unspecified atom stereocenters. The van der Waals surface area contributed by atoms with Crippen molar-refractivity contribution in [2.45, 2.75) is 40.0 Å². The van der Waals surface area contributed by atoms with E-state index in [0.717, 1.165) is 31.4 Å². The number of benzene rings is 1. The van der Waals surface area contributed by atoms with Crippen LogP contribution >= 0.6 is 0 Å². The second-order valence-electron chi connectivity index (χ2n) is 6.31. The first-order chi connectivity index (χ1) is 13.1. The number of nitrogens with two attached hydrogens (primary N) is 1. The van der Waals surface area contributed by atoms with Crippen molar-refractivity contribution in [3.8, 4) is 5.75 Å². The van der Waals surface area contributed by atoms with Gasteiger partial charge < -0.3 is 15.8 Å². The maximum absolute atomic E-state index is 6.01. The molecule has 0 saturated heterocycles. The Bertz CT molecular complexity index is 786. The van der Waals surface area contributed by atoms with E-state index in [0.29, 0.717) is 18.2 Å². The van der Waals surface area contributed by atoms with E-state index in [9.17, 15) is 0 Å². The first-order valence-electron chi connectivity index (χ1n) is 9.33. The lowest BCUT2D eigenvalue weighted by Crippen LogP contribution is -2.11. The van der Waals surface area contributed by atoms with Crippen LogP contribution < -0.4 is 15.8 Å². The highest BCUT2D eigenvalue weighted by Crippen LogP contribution is 2.23. The number of anilines is 2. The molecule has 0 aliphatic rings. The standard InChI is InChI=1S/C21H29N5O/c1-4-6-11-24-20-19(14-25-21(22)26-20)27-15-17(13-23-5-2)12-18-10-8-7-9-16(18)3/h5,7-10,13-14H,4,6,11-12,15H2,1-3H3,(H3,22,24,25,26)/b17-13+,23-5?. The summed E-state index contributed by atoms with van der Waals surface area (Å²) >= 11 is 0. The number of aromatic nitrogens is 2. The van der Waals surface area contributed by atoms with Crippen LogP contribution in [0.1, 0.15) is 37.8 Å². The number of aryl methyl sites for hydroxylation is 1. The van der Waals surface area contributed by atoms with Crippen LogP contribution in [-0.2, 0) is 6.42 Å². The molecule has 0 aliphatic carbocycles. The quantitative estimate of drug-likeness (QED) is 0.486. The van der Waals surface area contributed by atoms with Crippen molar-refractivity contribution < 1.29 is 4.74 Å². The summed E-state index contributed by atoms with van der Waals surface area (Å²) in [7, 11) is 0. The maximum Gasteiger partial charge on any atom is 0.222 e. The summed E-state index contributed by atoms with van der Waals surface area (Å²) in [6.45, 7) is 7.37. The van der Waals surface area contributed by atoms with E-state index < -0.39 is 0 Å². The molecule has 3 N–H and O–H groups in total. The fourth-order valence-electron chi connectivity index (χ4n) is 2.54. The van der Waals surface area contributed by atoms with Crippen LogP contribution in [0.2, 0.25) is 0 Å². The normalized spacial score (nSPS) is 11.7. The third-order valence-electron chi connectivity index (χ3n) is 4.09. The highest BCUT2D eigenvalue weighted by atomic mass is 16.5. The van der Waals surface area contributed by atoms with Crippen molar-refractivity contribution in [1.29, 1.82) is 0 Å². The monoisotopic (exact) mass is 367 g/mol. The minimum absolute atomic E-state index is 0.229. The van der Waals surface area contributed by atoms with Crippen molar-refractivity contribution >= 4 is 18.0 Å². The van der Waals surface area contributed by atoms with Crippen molar-refractivity contribution in [3.05, 3.63) is 53.4 Å². The lowest BCUT2D eigenvalue weighted by atomic mass is 10.0. The highest BCUT2D eigenvalue weighted by Gasteiger charge is 2.09. The third-order valence-corrected chi connectivity index (χ3v) is 4.09. The van der Waals surface area contributed by atoms with Gasteiger partial charge in [0.15, 0.2) is 11.6 Å². The molecule has 27 heavy (non-hydrogen) atoms. The molecular formula is C21H29N5O. The van der Waals surface area contributed by atoms with Crippen LogP contribution in [0.3, 0.4) is 0 Å². The zero-order chi connectivity index (χ0) is 19.5. The molecule has 2 rings (SSSR count). The minimum Gasteiger partial charge on any atom is -0.484 e. The molecule has 1 aromatic carbocycles. The number of unbranched alkanes of at least 4 members (excludes halogenated alkanes) is 1. The molecule has 0 amide bonds. The summed E-state index contributed by atoms with van der Waals surface area (Å²) in [6.07, 6.45) is 8.16. The number of nitrogens with one attached hydrogen (secondary N) is 1. The number of aliphatic imine (C=N–C) groups is 1. The Morgan fingerprint density at radius 2 is 2.15 bits per heavy atom. The van der Waals surface area contributed by atoms with E-state index in [2.05, 4.69) is 46.3 Å². The van der Waals surface area contributed by atoms with Crippen molar-refractivity contribution in [2.24, 2.45) is 4.99 Å². The SMILES string of the molecule is CC=N/C=C(/COc1cnc(N)nc1NCCCC)Cc1ccccc1C. The summed E-state index contributed by atoms with van der Waals surface area (Å²) in [5, 5.41) is 3.28. The Morgan fingerprint density at radius 3 is 2.89 bits per heavy atom. The summed E-state index contributed by atoms with van der Waals surface area (Å²) in [6, 6.07) is 8.33. The topological polar surface area (TPSA) is 85.4 Å². The Kier molecular flexibility index (Phi) is 8.29. The summed E-state index contributed by atoms with van der Waals surface area (Å²) in [5.41, 5.74) is 9.30. The van der Waals surface area contributed by atoms with Gasteiger partial charge in [0.2, 0.25) is 5.95 Å². The third kappa shape index (κ3) is 6.73. The van der Waals surface area contributed by atoms with E-state index in [-0.39, 0.29) is 5.95 Å². The van der Waals surface area contributed by atoms with Crippen molar-refractivity contribution in [1.82, 2.24) is 9.97 Å². The van der Waals surface area contributed by atoms with Crippen LogP contribution in [0, 0.1) is 6.92 Å². The molecule has 0 bridgehead atoms. The molecule has 6 nitrogen and oxygen atoms in total. The van der Waals surface area contributed by atoms with Crippen molar-refractivity contribution in [2.75, 3.05) is 24.2 Å². The Morgan fingerprint density at radius 1 is 1.33 bits per heavy atom. The molecule has 0 radical (unpaired) electrons. The Balaban J connectivity index is 2.11. The van der Waals surface area contributed by atoms with Gasteiger partial charge in [0.25, 0.3) is 0 Å². The lowest BCUT2D eigenvalue weighted by Gasteiger charge is -2.14. The molecule has 2 aromatic rings. The lowest BCUT2D eigenvalue weighted by molar-refractivity contribution is 0.347.